The molecule has 1 heterocycles. The topological polar surface area (TPSA) is 68.0 Å². The Balaban J connectivity index is 2.17. The Bertz CT molecular complexity index is 653. The monoisotopic (exact) mass is 285 g/mol. The largest absolute Gasteiger partial charge is 0.346 e. The number of nitrogens with zero attached hydrogens (tertiary/aromatic N) is 1. The first-order valence-electron chi connectivity index (χ1n) is 6.15. The van der Waals surface area contributed by atoms with Gasteiger partial charge < -0.3 is 11.1 Å². The van der Waals surface area contributed by atoms with Crippen LogP contribution in [-0.4, -0.2) is 17.4 Å². The molecular weight excluding hydrogens is 270 g/mol. The second-order valence-electron chi connectivity index (χ2n) is 4.22. The zero-order valence-electron chi connectivity index (χ0n) is 11.1. The van der Waals surface area contributed by atoms with Gasteiger partial charge in [-0.1, -0.05) is 23.5 Å². The van der Waals surface area contributed by atoms with Crippen molar-refractivity contribution in [1.29, 1.82) is 0 Å². The van der Waals surface area contributed by atoms with Gasteiger partial charge in [-0.05, 0) is 19.1 Å². The van der Waals surface area contributed by atoms with E-state index in [0.29, 0.717) is 17.7 Å². The third-order valence-corrected chi connectivity index (χ3v) is 3.29. The van der Waals surface area contributed by atoms with Crippen molar-refractivity contribution < 1.29 is 4.79 Å². The Morgan fingerprint density at radius 2 is 2.35 bits per heavy atom. The number of aromatic nitrogens is 1. The minimum atomic E-state index is -0.150. The molecule has 0 aliphatic heterocycles. The van der Waals surface area contributed by atoms with E-state index in [4.69, 9.17) is 5.73 Å². The van der Waals surface area contributed by atoms with Crippen LogP contribution in [0.2, 0.25) is 0 Å². The van der Waals surface area contributed by atoms with Gasteiger partial charge in [0.2, 0.25) is 0 Å². The minimum Gasteiger partial charge on any atom is -0.346 e. The Hall–Kier alpha value is -2.16. The predicted octanol–water partition coefficient (Wildman–Crippen LogP) is 1.69. The number of benzene rings is 1. The lowest BCUT2D eigenvalue weighted by Gasteiger charge is -2.07. The van der Waals surface area contributed by atoms with Gasteiger partial charge in [-0.3, -0.25) is 4.79 Å². The van der Waals surface area contributed by atoms with Gasteiger partial charge in [0.15, 0.2) is 0 Å². The van der Waals surface area contributed by atoms with Crippen LogP contribution in [0.25, 0.3) is 0 Å². The highest BCUT2D eigenvalue weighted by Crippen LogP contribution is 2.11. The van der Waals surface area contributed by atoms with Crippen molar-refractivity contribution in [2.45, 2.75) is 13.5 Å². The average Bonchev–Trinajstić information content (AvgIpc) is 2.96. The third-order valence-electron chi connectivity index (χ3n) is 2.66. The predicted molar refractivity (Wildman–Crippen MR) is 80.4 cm³/mol. The fourth-order valence-electron chi connectivity index (χ4n) is 1.69. The zero-order chi connectivity index (χ0) is 14.4. The molecule has 0 atom stereocenters. The minimum absolute atomic E-state index is 0.150. The Kier molecular flexibility index (Phi) is 4.88. The molecule has 2 rings (SSSR count). The Morgan fingerprint density at radius 3 is 3.05 bits per heavy atom. The zero-order valence-corrected chi connectivity index (χ0v) is 12.0. The van der Waals surface area contributed by atoms with Crippen molar-refractivity contribution in [3.8, 4) is 11.8 Å². The van der Waals surface area contributed by atoms with Crippen LogP contribution in [0, 0.1) is 18.8 Å². The fraction of sp³-hybridized carbons (Fsp3) is 0.200. The van der Waals surface area contributed by atoms with Crippen LogP contribution in [0.5, 0.6) is 0 Å². The highest BCUT2D eigenvalue weighted by atomic mass is 32.1. The molecule has 1 amide bonds. The maximum Gasteiger partial charge on any atom is 0.252 e. The molecule has 0 radical (unpaired) electrons. The number of carbonyl (C=O) groups is 1. The van der Waals surface area contributed by atoms with Crippen molar-refractivity contribution in [3.05, 3.63) is 51.5 Å². The maximum absolute atomic E-state index is 12.2. The molecule has 0 bridgehead atoms. The van der Waals surface area contributed by atoms with Gasteiger partial charge in [0.05, 0.1) is 29.9 Å². The molecule has 0 spiro atoms. The summed E-state index contributed by atoms with van der Waals surface area (Å²) in [5, 5.41) is 4.76. The van der Waals surface area contributed by atoms with E-state index in [0.717, 1.165) is 11.3 Å². The third kappa shape index (κ3) is 3.67. The van der Waals surface area contributed by atoms with Gasteiger partial charge in [-0.25, -0.2) is 4.98 Å². The molecule has 0 aliphatic rings. The summed E-state index contributed by atoms with van der Waals surface area (Å²) in [7, 11) is 0. The molecule has 20 heavy (non-hydrogen) atoms. The first-order valence-corrected chi connectivity index (χ1v) is 7.10. The van der Waals surface area contributed by atoms with Crippen molar-refractivity contribution in [2.24, 2.45) is 5.73 Å². The number of nitrogens with one attached hydrogen (secondary N) is 1. The molecule has 0 fully saturated rings. The van der Waals surface area contributed by atoms with E-state index >= 15 is 0 Å². The van der Waals surface area contributed by atoms with Crippen LogP contribution >= 0.6 is 11.3 Å². The van der Waals surface area contributed by atoms with Crippen LogP contribution in [0.15, 0.2) is 29.1 Å². The van der Waals surface area contributed by atoms with Crippen LogP contribution in [-0.2, 0) is 6.54 Å². The summed E-state index contributed by atoms with van der Waals surface area (Å²) in [5.41, 5.74) is 10.2. The summed E-state index contributed by atoms with van der Waals surface area (Å²) in [6.45, 7) is 2.63. The SMILES string of the molecule is Cc1ccc(C#CCN)c(C(=O)NCc2cscn2)c1. The molecule has 0 saturated heterocycles. The van der Waals surface area contributed by atoms with Crippen molar-refractivity contribution in [3.63, 3.8) is 0 Å². The molecule has 2 aromatic rings. The molecule has 4 nitrogen and oxygen atoms in total. The van der Waals surface area contributed by atoms with Crippen LogP contribution < -0.4 is 11.1 Å². The average molecular weight is 285 g/mol. The van der Waals surface area contributed by atoms with Gasteiger partial charge >= 0.3 is 0 Å². The van der Waals surface area contributed by atoms with Gasteiger partial charge in [-0.2, -0.15) is 0 Å². The second-order valence-corrected chi connectivity index (χ2v) is 4.94. The van der Waals surface area contributed by atoms with Crippen LogP contribution in [0.3, 0.4) is 0 Å². The van der Waals surface area contributed by atoms with Crippen LogP contribution in [0.4, 0.5) is 0 Å². The lowest BCUT2D eigenvalue weighted by Crippen LogP contribution is -2.24. The standard InChI is InChI=1S/C15H15N3OS/c1-11-4-5-12(3-2-6-16)14(7-11)15(19)17-8-13-9-20-10-18-13/h4-5,7,9-10H,6,8,16H2,1H3,(H,17,19). The molecule has 3 N–H and O–H groups in total. The summed E-state index contributed by atoms with van der Waals surface area (Å²) < 4.78 is 0. The van der Waals surface area contributed by atoms with Crippen molar-refractivity contribution in [1.82, 2.24) is 10.3 Å². The van der Waals surface area contributed by atoms with E-state index in [-0.39, 0.29) is 12.5 Å². The van der Waals surface area contributed by atoms with Gasteiger partial charge in [0, 0.05) is 10.9 Å². The number of nitrogens with two attached hydrogens (primary N) is 1. The molecule has 5 heteroatoms. The first-order chi connectivity index (χ1) is 9.70. The number of aryl methyl sites for hydroxylation is 1. The van der Waals surface area contributed by atoms with Gasteiger partial charge in [0.1, 0.15) is 0 Å². The Labute approximate surface area is 122 Å². The van der Waals surface area contributed by atoms with E-state index in [1.165, 1.54) is 11.3 Å². The van der Waals surface area contributed by atoms with E-state index < -0.39 is 0 Å². The Morgan fingerprint density at radius 1 is 1.50 bits per heavy atom. The molecule has 1 aromatic heterocycles. The summed E-state index contributed by atoms with van der Waals surface area (Å²) in [6, 6.07) is 5.60. The number of rotatable bonds is 3. The molecule has 0 saturated carbocycles. The molecular formula is C15H15N3OS. The number of carbonyl (C=O) groups excluding carboxylic acids is 1. The molecule has 1 aromatic carbocycles. The highest BCUT2D eigenvalue weighted by Gasteiger charge is 2.10. The van der Waals surface area contributed by atoms with E-state index in [2.05, 4.69) is 22.1 Å². The maximum atomic E-state index is 12.2. The fourth-order valence-corrected chi connectivity index (χ4v) is 2.25. The summed E-state index contributed by atoms with van der Waals surface area (Å²) in [4.78, 5) is 16.4. The number of hydrogen-bond acceptors (Lipinski definition) is 4. The first kappa shape index (κ1) is 14.3. The normalized spacial score (nSPS) is 9.70. The smallest absolute Gasteiger partial charge is 0.252 e. The quantitative estimate of drug-likeness (QED) is 0.843. The summed E-state index contributed by atoms with van der Waals surface area (Å²) in [6.07, 6.45) is 0. The summed E-state index contributed by atoms with van der Waals surface area (Å²) in [5.74, 6) is 5.55. The van der Waals surface area contributed by atoms with Gasteiger partial charge in [-0.15, -0.1) is 11.3 Å². The van der Waals surface area contributed by atoms with E-state index in [1.807, 2.05) is 30.5 Å². The molecule has 0 aliphatic carbocycles. The lowest BCUT2D eigenvalue weighted by molar-refractivity contribution is 0.0950. The van der Waals surface area contributed by atoms with Gasteiger partial charge in [0.25, 0.3) is 5.91 Å². The highest BCUT2D eigenvalue weighted by molar-refractivity contribution is 7.07. The van der Waals surface area contributed by atoms with Crippen molar-refractivity contribution in [2.75, 3.05) is 6.54 Å². The summed E-state index contributed by atoms with van der Waals surface area (Å²) >= 11 is 1.51. The molecule has 102 valence electrons. The molecule has 0 unspecified atom stereocenters. The van der Waals surface area contributed by atoms with Crippen molar-refractivity contribution >= 4 is 17.2 Å². The van der Waals surface area contributed by atoms with Crippen LogP contribution in [0.1, 0.15) is 27.2 Å². The second kappa shape index (κ2) is 6.85. The van der Waals surface area contributed by atoms with E-state index in [1.54, 1.807) is 5.51 Å². The lowest BCUT2D eigenvalue weighted by atomic mass is 10.0. The van der Waals surface area contributed by atoms with E-state index in [9.17, 15) is 4.79 Å². The number of hydrogen-bond donors (Lipinski definition) is 2. The number of amides is 1. The number of thiazole rings is 1.